The van der Waals surface area contributed by atoms with Crippen molar-refractivity contribution in [3.63, 3.8) is 0 Å². The van der Waals surface area contributed by atoms with Gasteiger partial charge >= 0.3 is 0 Å². The van der Waals surface area contributed by atoms with E-state index in [0.717, 1.165) is 37.3 Å². The first-order chi connectivity index (χ1) is 6.40. The Morgan fingerprint density at radius 1 is 1.31 bits per heavy atom. The molecule has 13 heavy (non-hydrogen) atoms. The lowest BCUT2D eigenvalue weighted by Crippen LogP contribution is -2.26. The molecule has 0 heterocycles. The van der Waals surface area contributed by atoms with E-state index in [-0.39, 0.29) is 0 Å². The van der Waals surface area contributed by atoms with Crippen molar-refractivity contribution in [2.24, 2.45) is 17.8 Å². The van der Waals surface area contributed by atoms with Crippen LogP contribution in [-0.2, 0) is 0 Å². The molecule has 0 aromatic rings. The first-order valence-corrected chi connectivity index (χ1v) is 5.40. The fourth-order valence-electron chi connectivity index (χ4n) is 2.62. The molecular weight excluding hydrogens is 162 g/mol. The zero-order valence-electron chi connectivity index (χ0n) is 8.08. The van der Waals surface area contributed by atoms with E-state index in [1.807, 2.05) is 0 Å². The third kappa shape index (κ3) is 2.12. The summed E-state index contributed by atoms with van der Waals surface area (Å²) in [6.45, 7) is 2.42. The maximum Gasteiger partial charge on any atom is 0.0443 e. The Balaban J connectivity index is 1.64. The Morgan fingerprint density at radius 2 is 2.23 bits per heavy atom. The van der Waals surface area contributed by atoms with Crippen LogP contribution in [0.5, 0.6) is 0 Å². The highest BCUT2D eigenvalue weighted by atomic mass is 16.3. The topological polar surface area (TPSA) is 32.3 Å². The third-order valence-corrected chi connectivity index (χ3v) is 3.33. The summed E-state index contributed by atoms with van der Waals surface area (Å²) in [5, 5.41) is 12.0. The third-order valence-electron chi connectivity index (χ3n) is 3.33. The van der Waals surface area contributed by atoms with Gasteiger partial charge in [-0.05, 0) is 50.1 Å². The molecule has 0 radical (unpaired) electrons. The van der Waals surface area contributed by atoms with Crippen LogP contribution in [-0.4, -0.2) is 24.8 Å². The minimum absolute atomic E-state index is 0.309. The predicted molar refractivity (Wildman–Crippen MR) is 53.4 cm³/mol. The molecule has 0 aromatic heterocycles. The van der Waals surface area contributed by atoms with Crippen molar-refractivity contribution in [3.8, 4) is 0 Å². The molecule has 0 amide bonds. The number of rotatable bonds is 5. The van der Waals surface area contributed by atoms with Crippen LogP contribution in [0.4, 0.5) is 0 Å². The fraction of sp³-hybridized carbons (Fsp3) is 0.818. The van der Waals surface area contributed by atoms with Crippen molar-refractivity contribution in [1.29, 1.82) is 0 Å². The van der Waals surface area contributed by atoms with E-state index in [2.05, 4.69) is 17.5 Å². The second-order valence-corrected chi connectivity index (χ2v) is 4.32. The Bertz CT molecular complexity index is 191. The van der Waals surface area contributed by atoms with Crippen molar-refractivity contribution in [2.75, 3.05) is 19.7 Å². The van der Waals surface area contributed by atoms with Gasteiger partial charge in [0.05, 0.1) is 0 Å². The van der Waals surface area contributed by atoms with Crippen LogP contribution in [0.1, 0.15) is 19.3 Å². The molecule has 0 aliphatic heterocycles. The zero-order chi connectivity index (χ0) is 9.10. The Hall–Kier alpha value is -0.340. The normalized spacial score (nSPS) is 35.9. The number of fused-ring (bicyclic) bond motifs is 2. The lowest BCUT2D eigenvalue weighted by Gasteiger charge is -2.18. The molecule has 2 aliphatic carbocycles. The largest absolute Gasteiger partial charge is 0.396 e. The SMILES string of the molecule is OCCCNC[C@H]1C[C@H]2C=C[C@H]1C2. The van der Waals surface area contributed by atoms with E-state index in [0.29, 0.717) is 6.61 Å². The van der Waals surface area contributed by atoms with Crippen molar-refractivity contribution in [2.45, 2.75) is 19.3 Å². The monoisotopic (exact) mass is 181 g/mol. The maximum atomic E-state index is 8.61. The summed E-state index contributed by atoms with van der Waals surface area (Å²) in [5.74, 6) is 2.61. The molecule has 1 saturated carbocycles. The van der Waals surface area contributed by atoms with Crippen LogP contribution >= 0.6 is 0 Å². The first-order valence-electron chi connectivity index (χ1n) is 5.40. The van der Waals surface area contributed by atoms with E-state index in [9.17, 15) is 0 Å². The molecule has 1 fully saturated rings. The number of aliphatic hydroxyl groups is 1. The van der Waals surface area contributed by atoms with E-state index >= 15 is 0 Å². The molecule has 2 N–H and O–H groups in total. The molecule has 0 aromatic carbocycles. The highest BCUT2D eigenvalue weighted by molar-refractivity contribution is 5.10. The van der Waals surface area contributed by atoms with Crippen molar-refractivity contribution in [1.82, 2.24) is 5.32 Å². The summed E-state index contributed by atoms with van der Waals surface area (Å²) in [4.78, 5) is 0. The lowest BCUT2D eigenvalue weighted by atomic mass is 9.94. The summed E-state index contributed by atoms with van der Waals surface area (Å²) < 4.78 is 0. The lowest BCUT2D eigenvalue weighted by molar-refractivity contribution is 0.283. The fourth-order valence-corrected chi connectivity index (χ4v) is 2.62. The molecule has 2 rings (SSSR count). The van der Waals surface area contributed by atoms with Crippen molar-refractivity contribution >= 4 is 0 Å². The summed E-state index contributed by atoms with van der Waals surface area (Å²) >= 11 is 0. The van der Waals surface area contributed by atoms with Crippen LogP contribution < -0.4 is 5.32 Å². The molecule has 2 heteroatoms. The number of hydrogen-bond donors (Lipinski definition) is 2. The summed E-state index contributed by atoms with van der Waals surface area (Å²) in [7, 11) is 0. The summed E-state index contributed by atoms with van der Waals surface area (Å²) in [6, 6.07) is 0. The molecule has 0 spiro atoms. The van der Waals surface area contributed by atoms with Crippen molar-refractivity contribution in [3.05, 3.63) is 12.2 Å². The van der Waals surface area contributed by atoms with Gasteiger partial charge in [-0.15, -0.1) is 0 Å². The van der Waals surface area contributed by atoms with Crippen LogP contribution in [0.2, 0.25) is 0 Å². The Morgan fingerprint density at radius 3 is 2.85 bits per heavy atom. The molecule has 0 saturated heterocycles. The van der Waals surface area contributed by atoms with E-state index in [4.69, 9.17) is 5.11 Å². The smallest absolute Gasteiger partial charge is 0.0443 e. The number of aliphatic hydroxyl groups excluding tert-OH is 1. The molecule has 3 atom stereocenters. The van der Waals surface area contributed by atoms with Crippen molar-refractivity contribution < 1.29 is 5.11 Å². The molecule has 2 nitrogen and oxygen atoms in total. The number of nitrogens with one attached hydrogen (secondary N) is 1. The van der Waals surface area contributed by atoms with Crippen LogP contribution in [0.3, 0.4) is 0 Å². The van der Waals surface area contributed by atoms with Gasteiger partial charge in [0.15, 0.2) is 0 Å². The van der Waals surface area contributed by atoms with Gasteiger partial charge in [0.2, 0.25) is 0 Å². The standard InChI is InChI=1S/C11H19NO/c13-5-1-4-12-8-11-7-9-2-3-10(11)6-9/h2-3,9-13H,1,4-8H2/t9-,10-,11+/m0/s1. The van der Waals surface area contributed by atoms with Gasteiger partial charge in [0.1, 0.15) is 0 Å². The minimum atomic E-state index is 0.309. The quantitative estimate of drug-likeness (QED) is 0.493. The average molecular weight is 181 g/mol. The Labute approximate surface area is 80.0 Å². The van der Waals surface area contributed by atoms with Gasteiger partial charge in [0, 0.05) is 6.61 Å². The van der Waals surface area contributed by atoms with Gasteiger partial charge in [-0.2, -0.15) is 0 Å². The van der Waals surface area contributed by atoms with Gasteiger partial charge < -0.3 is 10.4 Å². The van der Waals surface area contributed by atoms with Crippen LogP contribution in [0, 0.1) is 17.8 Å². The first kappa shape index (κ1) is 9.22. The average Bonchev–Trinajstić information content (AvgIpc) is 2.73. The Kier molecular flexibility index (Phi) is 3.01. The van der Waals surface area contributed by atoms with Gasteiger partial charge in [-0.1, -0.05) is 12.2 Å². The van der Waals surface area contributed by atoms with E-state index < -0.39 is 0 Å². The second kappa shape index (κ2) is 4.25. The van der Waals surface area contributed by atoms with Crippen LogP contribution in [0.25, 0.3) is 0 Å². The van der Waals surface area contributed by atoms with Gasteiger partial charge in [-0.3, -0.25) is 0 Å². The molecule has 2 bridgehead atoms. The molecule has 74 valence electrons. The highest BCUT2D eigenvalue weighted by Gasteiger charge is 2.34. The van der Waals surface area contributed by atoms with Gasteiger partial charge in [-0.25, -0.2) is 0 Å². The zero-order valence-corrected chi connectivity index (χ0v) is 8.08. The minimum Gasteiger partial charge on any atom is -0.396 e. The molecule has 2 aliphatic rings. The molecular formula is C11H19NO. The highest BCUT2D eigenvalue weighted by Crippen LogP contribution is 2.42. The predicted octanol–water partition coefficient (Wildman–Crippen LogP) is 1.17. The molecule has 0 unspecified atom stereocenters. The van der Waals surface area contributed by atoms with Gasteiger partial charge in [0.25, 0.3) is 0 Å². The van der Waals surface area contributed by atoms with E-state index in [1.165, 1.54) is 12.8 Å². The summed E-state index contributed by atoms with van der Waals surface area (Å²) in [6.07, 6.45) is 8.44. The van der Waals surface area contributed by atoms with Crippen LogP contribution in [0.15, 0.2) is 12.2 Å². The maximum absolute atomic E-state index is 8.61. The second-order valence-electron chi connectivity index (χ2n) is 4.32. The van der Waals surface area contributed by atoms with E-state index in [1.54, 1.807) is 0 Å². The number of allylic oxidation sites excluding steroid dienone is 2. The summed E-state index contributed by atoms with van der Waals surface area (Å²) in [5.41, 5.74) is 0. The number of hydrogen-bond acceptors (Lipinski definition) is 2.